The summed E-state index contributed by atoms with van der Waals surface area (Å²) in [6, 6.07) is 8.34. The Kier molecular flexibility index (Phi) is 8.16. The molecule has 1 amide bonds. The fourth-order valence-electron chi connectivity index (χ4n) is 6.17. The number of hydrogen-bond donors (Lipinski definition) is 1. The van der Waals surface area contributed by atoms with Crippen LogP contribution in [-0.4, -0.2) is 56.8 Å². The molecule has 8 heteroatoms. The topological polar surface area (TPSA) is 84.9 Å². The van der Waals surface area contributed by atoms with Gasteiger partial charge in [-0.25, -0.2) is 8.42 Å². The average Bonchev–Trinajstić information content (AvgIpc) is 3.31. The molecule has 3 aliphatic rings. The van der Waals surface area contributed by atoms with Crippen LogP contribution in [-0.2, 0) is 24.3 Å². The van der Waals surface area contributed by atoms with Gasteiger partial charge in [0.05, 0.1) is 18.1 Å². The van der Waals surface area contributed by atoms with Gasteiger partial charge >= 0.3 is 0 Å². The fraction of sp³-hybridized carbons (Fsp3) is 0.593. The maximum Gasteiger partial charge on any atom is 0.243 e. The summed E-state index contributed by atoms with van der Waals surface area (Å²) in [5, 5.41) is 3.30. The molecular formula is C27H38N2O5S. The summed E-state index contributed by atoms with van der Waals surface area (Å²) in [6.07, 6.45) is 9.04. The summed E-state index contributed by atoms with van der Waals surface area (Å²) in [7, 11) is -3.65. The molecule has 1 aromatic carbocycles. The molecule has 3 fully saturated rings. The number of benzene rings is 1. The molecule has 2 aliphatic heterocycles. The van der Waals surface area contributed by atoms with Crippen LogP contribution < -0.4 is 5.32 Å². The molecule has 2 saturated heterocycles. The molecular weight excluding hydrogens is 464 g/mol. The first-order chi connectivity index (χ1) is 16.9. The van der Waals surface area contributed by atoms with Gasteiger partial charge in [-0.05, 0) is 50.2 Å². The number of fused-ring (bicyclic) bond motifs is 1. The molecule has 0 radical (unpaired) electrons. The van der Waals surface area contributed by atoms with E-state index in [1.165, 1.54) is 0 Å². The first-order valence-corrected chi connectivity index (χ1v) is 14.1. The van der Waals surface area contributed by atoms with Crippen molar-refractivity contribution in [2.75, 3.05) is 26.3 Å². The van der Waals surface area contributed by atoms with Crippen LogP contribution in [0.5, 0.6) is 0 Å². The minimum Gasteiger partial charge on any atom is -0.353 e. The highest BCUT2D eigenvalue weighted by Crippen LogP contribution is 2.55. The maximum absolute atomic E-state index is 13.6. The van der Waals surface area contributed by atoms with Crippen molar-refractivity contribution < 1.29 is 22.7 Å². The molecule has 1 aliphatic carbocycles. The van der Waals surface area contributed by atoms with Crippen molar-refractivity contribution in [3.05, 3.63) is 55.6 Å². The zero-order valence-electron chi connectivity index (χ0n) is 20.5. The second kappa shape index (κ2) is 10.9. The number of hydrogen-bond acceptors (Lipinski definition) is 5. The van der Waals surface area contributed by atoms with E-state index in [2.05, 4.69) is 18.5 Å². The molecule has 1 N–H and O–H groups in total. The lowest BCUT2D eigenvalue weighted by Crippen LogP contribution is -2.66. The van der Waals surface area contributed by atoms with Crippen LogP contribution in [0.2, 0.25) is 0 Å². The molecule has 4 rings (SSSR count). The number of sulfonamides is 1. The number of carbonyl (C=O) groups is 1. The molecule has 0 aromatic heterocycles. The zero-order chi connectivity index (χ0) is 24.9. The molecule has 35 heavy (non-hydrogen) atoms. The minimum atomic E-state index is -3.65. The molecule has 1 spiro atoms. The van der Waals surface area contributed by atoms with Gasteiger partial charge in [0, 0.05) is 43.8 Å². The van der Waals surface area contributed by atoms with Gasteiger partial charge in [-0.15, -0.1) is 13.2 Å². The van der Waals surface area contributed by atoms with E-state index < -0.39 is 21.2 Å². The number of piperidine rings is 1. The van der Waals surface area contributed by atoms with Crippen molar-refractivity contribution >= 4 is 15.9 Å². The number of carbonyl (C=O) groups excluding carboxylic acids is 1. The number of unbranched alkanes of at least 4 members (excludes halogenated alkanes) is 1. The minimum absolute atomic E-state index is 0.0216. The Labute approximate surface area is 209 Å². The van der Waals surface area contributed by atoms with Crippen molar-refractivity contribution in [1.82, 2.24) is 9.62 Å². The van der Waals surface area contributed by atoms with Gasteiger partial charge in [-0.3, -0.25) is 4.79 Å². The quantitative estimate of drug-likeness (QED) is 0.386. The van der Waals surface area contributed by atoms with Crippen molar-refractivity contribution in [2.45, 2.75) is 68.1 Å². The Morgan fingerprint density at radius 2 is 1.83 bits per heavy atom. The molecule has 192 valence electrons. The number of nitrogens with one attached hydrogen (secondary N) is 1. The van der Waals surface area contributed by atoms with E-state index in [0.717, 1.165) is 25.7 Å². The van der Waals surface area contributed by atoms with Crippen LogP contribution in [0.4, 0.5) is 0 Å². The Morgan fingerprint density at radius 1 is 1.11 bits per heavy atom. The summed E-state index contributed by atoms with van der Waals surface area (Å²) < 4.78 is 41.0. The lowest BCUT2D eigenvalue weighted by Gasteiger charge is -2.58. The summed E-state index contributed by atoms with van der Waals surface area (Å²) in [6.45, 7) is 9.54. The fourth-order valence-corrected chi connectivity index (χ4v) is 7.73. The summed E-state index contributed by atoms with van der Waals surface area (Å²) in [5.74, 6) is -0.566. The second-order valence-electron chi connectivity index (χ2n) is 10.0. The molecule has 2 heterocycles. The van der Waals surface area contributed by atoms with Crippen LogP contribution >= 0.6 is 0 Å². The maximum atomic E-state index is 13.6. The predicted octanol–water partition coefficient (Wildman–Crippen LogP) is 4.03. The first-order valence-electron chi connectivity index (χ1n) is 12.7. The predicted molar refractivity (Wildman–Crippen MR) is 135 cm³/mol. The Bertz CT molecular complexity index is 1010. The van der Waals surface area contributed by atoms with E-state index in [4.69, 9.17) is 9.47 Å². The third-order valence-corrected chi connectivity index (χ3v) is 9.79. The summed E-state index contributed by atoms with van der Waals surface area (Å²) >= 11 is 0. The zero-order valence-corrected chi connectivity index (χ0v) is 21.3. The standard InChI is InChI=1S/C27H38N2O5S/c1-3-5-8-13-25(30)28-24-20-27(33-17-18-34-27)19-22-14-16-29(21-26(22,24)15-6-4-2)35(31,32)23-11-9-7-10-12-23/h3-4,7,9-12,22,24H,1-2,5-6,8,13-21H2,(H,28,30)/t22-,24-,26-/m0/s1. The van der Waals surface area contributed by atoms with Gasteiger partial charge in [0.15, 0.2) is 5.79 Å². The van der Waals surface area contributed by atoms with E-state index >= 15 is 0 Å². The smallest absolute Gasteiger partial charge is 0.243 e. The van der Waals surface area contributed by atoms with Crippen molar-refractivity contribution in [3.8, 4) is 0 Å². The van der Waals surface area contributed by atoms with Crippen molar-refractivity contribution in [3.63, 3.8) is 0 Å². The third kappa shape index (κ3) is 5.40. The highest BCUT2D eigenvalue weighted by molar-refractivity contribution is 7.89. The Hall–Kier alpha value is -2.00. The number of ether oxygens (including phenoxy) is 2. The SMILES string of the molecule is C=CCCCC(=O)N[C@H]1CC2(C[C@@H]3CCN(S(=O)(=O)c4ccccc4)C[C@@]31CCC=C)OCCO2. The molecule has 0 bridgehead atoms. The molecule has 1 aromatic rings. The molecule has 7 nitrogen and oxygen atoms in total. The molecule has 3 atom stereocenters. The van der Waals surface area contributed by atoms with Gasteiger partial charge in [-0.1, -0.05) is 30.4 Å². The van der Waals surface area contributed by atoms with Crippen LogP contribution in [0, 0.1) is 11.3 Å². The monoisotopic (exact) mass is 502 g/mol. The lowest BCUT2D eigenvalue weighted by molar-refractivity contribution is -0.223. The van der Waals surface area contributed by atoms with Gasteiger partial charge in [0.2, 0.25) is 15.9 Å². The van der Waals surface area contributed by atoms with Crippen LogP contribution in [0.25, 0.3) is 0 Å². The van der Waals surface area contributed by atoms with E-state index in [9.17, 15) is 13.2 Å². The average molecular weight is 503 g/mol. The lowest BCUT2D eigenvalue weighted by atomic mass is 9.57. The number of rotatable bonds is 10. The van der Waals surface area contributed by atoms with E-state index in [-0.39, 0.29) is 17.9 Å². The highest BCUT2D eigenvalue weighted by Gasteiger charge is 2.59. The van der Waals surface area contributed by atoms with Crippen LogP contribution in [0.15, 0.2) is 60.5 Å². The summed E-state index contributed by atoms with van der Waals surface area (Å²) in [4.78, 5) is 13.3. The van der Waals surface area contributed by atoms with E-state index in [1.807, 2.05) is 18.2 Å². The number of nitrogens with zero attached hydrogens (tertiary/aromatic N) is 1. The number of allylic oxidation sites excluding steroid dienone is 2. The van der Waals surface area contributed by atoms with Gasteiger partial charge in [0.1, 0.15) is 0 Å². The second-order valence-corrected chi connectivity index (χ2v) is 12.0. The first kappa shape index (κ1) is 26.1. The van der Waals surface area contributed by atoms with Crippen molar-refractivity contribution in [2.24, 2.45) is 11.3 Å². The molecule has 0 unspecified atom stereocenters. The third-order valence-electron chi connectivity index (χ3n) is 7.93. The Morgan fingerprint density at radius 3 is 2.51 bits per heavy atom. The normalized spacial score (nSPS) is 28.3. The number of amides is 1. The van der Waals surface area contributed by atoms with E-state index in [0.29, 0.717) is 56.9 Å². The van der Waals surface area contributed by atoms with Gasteiger partial charge in [-0.2, -0.15) is 4.31 Å². The highest BCUT2D eigenvalue weighted by atomic mass is 32.2. The Balaban J connectivity index is 1.67. The van der Waals surface area contributed by atoms with Crippen LogP contribution in [0.3, 0.4) is 0 Å². The largest absolute Gasteiger partial charge is 0.353 e. The van der Waals surface area contributed by atoms with Crippen molar-refractivity contribution in [1.29, 1.82) is 0 Å². The van der Waals surface area contributed by atoms with Crippen LogP contribution in [0.1, 0.15) is 51.4 Å². The summed E-state index contributed by atoms with van der Waals surface area (Å²) in [5.41, 5.74) is -0.428. The van der Waals surface area contributed by atoms with E-state index in [1.54, 1.807) is 28.6 Å². The molecule has 1 saturated carbocycles. The van der Waals surface area contributed by atoms with Gasteiger partial charge < -0.3 is 14.8 Å². The van der Waals surface area contributed by atoms with Gasteiger partial charge in [0.25, 0.3) is 0 Å².